The number of imide groups is 1. The molecule has 1 saturated heterocycles. The molecule has 10 radical (unpaired) electrons. The fraction of sp³-hybridized carbons (Fsp3) is 0.273. The molecule has 1 fully saturated rings. The largest absolute Gasteiger partial charge is 0.387 e. The van der Waals surface area contributed by atoms with Crippen molar-refractivity contribution in [2.45, 2.75) is 35.5 Å². The van der Waals surface area contributed by atoms with Gasteiger partial charge in [-0.2, -0.15) is 8.78 Å². The Morgan fingerprint density at radius 1 is 1.14 bits per heavy atom. The molecule has 2 aliphatic rings. The molecule has 0 bridgehead atoms. The van der Waals surface area contributed by atoms with Crippen molar-refractivity contribution in [3.63, 3.8) is 0 Å². The van der Waals surface area contributed by atoms with E-state index in [1.807, 2.05) is 5.32 Å². The van der Waals surface area contributed by atoms with Gasteiger partial charge in [-0.3, -0.25) is 24.5 Å². The average molecular weight is 511 g/mol. The van der Waals surface area contributed by atoms with Gasteiger partial charge in [-0.05, 0) is 35.1 Å². The third-order valence-electron chi connectivity index (χ3n) is 6.53. The SMILES string of the molecule is [B]C1C(=O)NC(=O)C([B])(N2Cc3cc(CN([B])C(=O)C(F)(F)c4ccc(Cl)cc4)ccc3C2=O)C1([B])[B]. The summed E-state index contributed by atoms with van der Waals surface area (Å²) in [5.74, 6) is -10.00. The lowest BCUT2D eigenvalue weighted by Crippen LogP contribution is -2.72. The summed E-state index contributed by atoms with van der Waals surface area (Å²) in [6.07, 6.45) is 0. The van der Waals surface area contributed by atoms with E-state index in [2.05, 4.69) is 0 Å². The van der Waals surface area contributed by atoms with E-state index >= 15 is 0 Å². The summed E-state index contributed by atoms with van der Waals surface area (Å²) < 4.78 is 29.4. The van der Waals surface area contributed by atoms with Crippen molar-refractivity contribution < 1.29 is 28.0 Å². The van der Waals surface area contributed by atoms with E-state index in [0.717, 1.165) is 17.0 Å². The summed E-state index contributed by atoms with van der Waals surface area (Å²) in [6, 6.07) is 8.66. The second-order valence-electron chi connectivity index (χ2n) is 8.89. The van der Waals surface area contributed by atoms with Crippen LogP contribution in [0.1, 0.15) is 27.0 Å². The van der Waals surface area contributed by atoms with Crippen LogP contribution in [0, 0.1) is 0 Å². The van der Waals surface area contributed by atoms with Gasteiger partial charge in [0.05, 0.1) is 29.0 Å². The third-order valence-corrected chi connectivity index (χ3v) is 6.78. The van der Waals surface area contributed by atoms with E-state index in [1.165, 1.54) is 30.3 Å². The molecular weight excluding hydrogens is 498 g/mol. The Balaban J connectivity index is 1.56. The summed E-state index contributed by atoms with van der Waals surface area (Å²) in [5.41, 5.74) is -2.24. The van der Waals surface area contributed by atoms with Crippen LogP contribution < -0.4 is 5.32 Å². The van der Waals surface area contributed by atoms with Crippen molar-refractivity contribution in [3.8, 4) is 0 Å². The van der Waals surface area contributed by atoms with E-state index in [9.17, 15) is 28.0 Å². The molecule has 0 spiro atoms. The summed E-state index contributed by atoms with van der Waals surface area (Å²) in [4.78, 5) is 51.4. The van der Waals surface area contributed by atoms with Crippen molar-refractivity contribution in [2.24, 2.45) is 0 Å². The first kappa shape index (κ1) is 27.0. The van der Waals surface area contributed by atoms with Crippen molar-refractivity contribution in [3.05, 3.63) is 69.7 Å². The van der Waals surface area contributed by atoms with Crippen molar-refractivity contribution in [2.75, 3.05) is 0 Å². The Labute approximate surface area is 222 Å². The normalized spacial score (nSPS) is 22.9. The van der Waals surface area contributed by atoms with Crippen molar-refractivity contribution in [1.82, 2.24) is 15.0 Å². The van der Waals surface area contributed by atoms with Gasteiger partial charge < -0.3 is 9.71 Å². The molecule has 176 valence electrons. The molecule has 4 rings (SSSR count). The number of nitrogens with zero attached hydrogens (tertiary/aromatic N) is 2. The molecule has 0 aromatic heterocycles. The van der Waals surface area contributed by atoms with E-state index in [1.54, 1.807) is 0 Å². The summed E-state index contributed by atoms with van der Waals surface area (Å²) >= 11 is 5.72. The van der Waals surface area contributed by atoms with Gasteiger partial charge in [0.25, 0.3) is 11.8 Å². The first-order valence-electron chi connectivity index (χ1n) is 10.7. The van der Waals surface area contributed by atoms with E-state index in [4.69, 9.17) is 51.0 Å². The highest BCUT2D eigenvalue weighted by molar-refractivity contribution is 6.57. The Kier molecular flexibility index (Phi) is 6.63. The lowest BCUT2D eigenvalue weighted by atomic mass is 9.31. The average Bonchev–Trinajstić information content (AvgIpc) is 3.17. The van der Waals surface area contributed by atoms with Gasteiger partial charge >= 0.3 is 5.92 Å². The Morgan fingerprint density at radius 2 is 1.76 bits per heavy atom. The number of fused-ring (bicyclic) bond motifs is 1. The molecule has 2 aromatic rings. The van der Waals surface area contributed by atoms with Gasteiger partial charge in [0.2, 0.25) is 19.8 Å². The monoisotopic (exact) mass is 511 g/mol. The molecular formula is C22H13B5ClF2N3O4. The number of carbonyl (C=O) groups is 4. The first-order valence-corrected chi connectivity index (χ1v) is 11.1. The van der Waals surface area contributed by atoms with Crippen LogP contribution in [-0.4, -0.2) is 78.1 Å². The number of hydrogen-bond donors (Lipinski definition) is 1. The molecule has 0 saturated carbocycles. The summed E-state index contributed by atoms with van der Waals surface area (Å²) in [5, 5.41) is -0.139. The zero-order chi connectivity index (χ0) is 27.5. The van der Waals surface area contributed by atoms with Crippen LogP contribution in [0.3, 0.4) is 0 Å². The standard InChI is InChI=1S/C22H13B5ClF2N3O4/c23-15-16(34)31-18(36)22(26,21(15,24)25)32-9-11-7-10(1-6-14(11)17(32)35)8-33(27)19(37)20(29,30)12-2-4-13(28)5-3-12/h1-7,15H,8-9H2,(H,31,34,36). The van der Waals surface area contributed by atoms with Crippen LogP contribution >= 0.6 is 11.6 Å². The number of alkyl halides is 2. The number of hydrogen-bond acceptors (Lipinski definition) is 4. The molecule has 2 aliphatic heterocycles. The molecule has 4 amide bonds. The Bertz CT molecular complexity index is 1330. The van der Waals surface area contributed by atoms with E-state index in [0.29, 0.717) is 15.9 Å². The van der Waals surface area contributed by atoms with Gasteiger partial charge in [0.1, 0.15) is 7.85 Å². The molecule has 37 heavy (non-hydrogen) atoms. The van der Waals surface area contributed by atoms with Crippen LogP contribution in [0.25, 0.3) is 0 Å². The van der Waals surface area contributed by atoms with E-state index < -0.39 is 58.1 Å². The van der Waals surface area contributed by atoms with Crippen LogP contribution in [-0.2, 0) is 33.4 Å². The van der Waals surface area contributed by atoms with Crippen molar-refractivity contribution >= 4 is 74.6 Å². The number of carbonyl (C=O) groups excluding carboxylic acids is 4. The van der Waals surface area contributed by atoms with Crippen molar-refractivity contribution in [1.29, 1.82) is 0 Å². The second-order valence-corrected chi connectivity index (χ2v) is 9.33. The topological polar surface area (TPSA) is 86.8 Å². The first-order chi connectivity index (χ1) is 17.1. The Morgan fingerprint density at radius 3 is 2.38 bits per heavy atom. The minimum absolute atomic E-state index is 0.115. The maximum atomic E-state index is 14.7. The van der Waals surface area contributed by atoms with E-state index in [-0.39, 0.29) is 17.1 Å². The molecule has 2 unspecified atom stereocenters. The second kappa shape index (κ2) is 9.08. The molecule has 15 heteroatoms. The third kappa shape index (κ3) is 4.19. The van der Waals surface area contributed by atoms with Gasteiger partial charge in [-0.1, -0.05) is 41.1 Å². The summed E-state index contributed by atoms with van der Waals surface area (Å²) in [7, 11) is 29.6. The fourth-order valence-electron chi connectivity index (χ4n) is 4.28. The molecule has 2 atom stereocenters. The number of amides is 4. The fourth-order valence-corrected chi connectivity index (χ4v) is 4.41. The highest BCUT2D eigenvalue weighted by Gasteiger charge is 2.59. The van der Waals surface area contributed by atoms with Crippen LogP contribution in [0.5, 0.6) is 0 Å². The van der Waals surface area contributed by atoms with Crippen LogP contribution in [0.2, 0.25) is 16.1 Å². The number of halogens is 3. The quantitative estimate of drug-likeness (QED) is 0.467. The zero-order valence-corrected chi connectivity index (χ0v) is 19.8. The number of rotatable bonds is 5. The smallest absolute Gasteiger partial charge is 0.348 e. The summed E-state index contributed by atoms with van der Waals surface area (Å²) in [6.45, 7) is -0.711. The minimum atomic E-state index is -3.93. The lowest BCUT2D eigenvalue weighted by Gasteiger charge is -2.55. The van der Waals surface area contributed by atoms with Gasteiger partial charge in [-0.25, -0.2) is 0 Å². The van der Waals surface area contributed by atoms with Gasteiger partial charge in [0, 0.05) is 29.2 Å². The maximum absolute atomic E-state index is 14.7. The molecule has 0 aliphatic carbocycles. The maximum Gasteiger partial charge on any atom is 0.348 e. The molecule has 7 nitrogen and oxygen atoms in total. The van der Waals surface area contributed by atoms with Crippen LogP contribution in [0.15, 0.2) is 42.5 Å². The van der Waals surface area contributed by atoms with Gasteiger partial charge in [-0.15, -0.1) is 0 Å². The molecule has 1 N–H and O–H groups in total. The zero-order valence-electron chi connectivity index (χ0n) is 19.1. The van der Waals surface area contributed by atoms with Gasteiger partial charge in [0.15, 0.2) is 0 Å². The number of piperidine rings is 1. The minimum Gasteiger partial charge on any atom is -0.387 e. The molecule has 2 heterocycles. The Hall–Kier alpha value is -3.01. The highest BCUT2D eigenvalue weighted by Crippen LogP contribution is 2.49. The highest BCUT2D eigenvalue weighted by atomic mass is 35.5. The predicted molar refractivity (Wildman–Crippen MR) is 133 cm³/mol. The lowest BCUT2D eigenvalue weighted by molar-refractivity contribution is -0.154. The molecule has 2 aromatic carbocycles. The number of benzene rings is 2. The number of nitrogens with one attached hydrogen (secondary N) is 1. The van der Waals surface area contributed by atoms with Crippen LogP contribution in [0.4, 0.5) is 8.78 Å². The predicted octanol–water partition coefficient (Wildman–Crippen LogP) is 0.431.